The average molecular weight is 359 g/mol. The van der Waals surface area contributed by atoms with Crippen LogP contribution < -0.4 is 10.6 Å². The molecule has 4 nitrogen and oxygen atoms in total. The minimum Gasteiger partial charge on any atom is -0.454 e. The Morgan fingerprint density at radius 3 is 2.76 bits per heavy atom. The molecule has 0 spiro atoms. The van der Waals surface area contributed by atoms with E-state index < -0.39 is 0 Å². The zero-order valence-corrected chi connectivity index (χ0v) is 15.1. The Kier molecular flexibility index (Phi) is 5.02. The van der Waals surface area contributed by atoms with Gasteiger partial charge in [0.1, 0.15) is 6.10 Å². The van der Waals surface area contributed by atoms with Crippen LogP contribution in [0, 0.1) is 6.92 Å². The molecule has 2 atom stereocenters. The Morgan fingerprint density at radius 2 is 2.04 bits per heavy atom. The van der Waals surface area contributed by atoms with E-state index in [9.17, 15) is 4.79 Å². The molecule has 4 rings (SSSR count). The number of carbonyl (C=O) groups is 1. The van der Waals surface area contributed by atoms with Crippen molar-refractivity contribution in [1.29, 1.82) is 0 Å². The summed E-state index contributed by atoms with van der Waals surface area (Å²) < 4.78 is 5.65. The lowest BCUT2D eigenvalue weighted by molar-refractivity contribution is 0.0387. The third kappa shape index (κ3) is 3.37. The highest BCUT2D eigenvalue weighted by Crippen LogP contribution is 2.36. The Bertz CT molecular complexity index is 793. The first-order chi connectivity index (χ1) is 11.6. The van der Waals surface area contributed by atoms with Crippen LogP contribution in [0.5, 0.6) is 0 Å². The van der Waals surface area contributed by atoms with Crippen LogP contribution >= 0.6 is 12.4 Å². The summed E-state index contributed by atoms with van der Waals surface area (Å²) in [4.78, 5) is 14.6. The zero-order chi connectivity index (χ0) is 16.7. The van der Waals surface area contributed by atoms with Gasteiger partial charge in [-0.25, -0.2) is 4.79 Å². The van der Waals surface area contributed by atoms with Gasteiger partial charge >= 0.3 is 5.97 Å². The maximum Gasteiger partial charge on any atom is 0.339 e. The summed E-state index contributed by atoms with van der Waals surface area (Å²) in [6.45, 7) is 3.88. The van der Waals surface area contributed by atoms with Gasteiger partial charge in [-0.3, -0.25) is 0 Å². The molecule has 2 N–H and O–H groups in total. The molecule has 1 saturated heterocycles. The van der Waals surface area contributed by atoms with Crippen LogP contribution in [0.3, 0.4) is 0 Å². The highest BCUT2D eigenvalue weighted by molar-refractivity contribution is 5.95. The molecule has 0 aliphatic carbocycles. The zero-order valence-electron chi connectivity index (χ0n) is 14.3. The van der Waals surface area contributed by atoms with E-state index in [2.05, 4.69) is 30.0 Å². The van der Waals surface area contributed by atoms with E-state index >= 15 is 0 Å². The maximum atomic E-state index is 12.3. The average Bonchev–Trinajstić information content (AvgIpc) is 3.14. The SMILES string of the molecule is Cc1ccccc1CC1OC(=O)c2cc(N3CC[C@@H](N)C3)ccc21.Cl. The minimum absolute atomic E-state index is 0. The third-order valence-corrected chi connectivity index (χ3v) is 5.11. The Hall–Kier alpha value is -2.04. The summed E-state index contributed by atoms with van der Waals surface area (Å²) in [6.07, 6.45) is 1.53. The van der Waals surface area contributed by atoms with Crippen LogP contribution in [0.2, 0.25) is 0 Å². The van der Waals surface area contributed by atoms with Gasteiger partial charge in [0.2, 0.25) is 0 Å². The lowest BCUT2D eigenvalue weighted by Crippen LogP contribution is -2.26. The summed E-state index contributed by atoms with van der Waals surface area (Å²) in [5.41, 5.74) is 11.2. The second-order valence-electron chi connectivity index (χ2n) is 6.79. The van der Waals surface area contributed by atoms with E-state index in [0.29, 0.717) is 5.56 Å². The molecule has 1 unspecified atom stereocenters. The van der Waals surface area contributed by atoms with Crippen molar-refractivity contribution in [3.63, 3.8) is 0 Å². The fourth-order valence-electron chi connectivity index (χ4n) is 3.67. The molecule has 2 aliphatic heterocycles. The summed E-state index contributed by atoms with van der Waals surface area (Å²) in [7, 11) is 0. The predicted octanol–water partition coefficient (Wildman–Crippen LogP) is 3.41. The molecule has 0 amide bonds. The molecule has 0 bridgehead atoms. The van der Waals surface area contributed by atoms with E-state index in [1.807, 2.05) is 24.3 Å². The number of ether oxygens (including phenoxy) is 1. The number of anilines is 1. The van der Waals surface area contributed by atoms with Crippen LogP contribution in [0.15, 0.2) is 42.5 Å². The number of carbonyl (C=O) groups excluding carboxylic acids is 1. The quantitative estimate of drug-likeness (QED) is 0.854. The van der Waals surface area contributed by atoms with Gasteiger partial charge in [0, 0.05) is 36.8 Å². The number of hydrogen-bond acceptors (Lipinski definition) is 4. The molecule has 0 radical (unpaired) electrons. The highest BCUT2D eigenvalue weighted by atomic mass is 35.5. The smallest absolute Gasteiger partial charge is 0.339 e. The first kappa shape index (κ1) is 17.8. The lowest BCUT2D eigenvalue weighted by atomic mass is 9.96. The van der Waals surface area contributed by atoms with E-state index in [-0.39, 0.29) is 30.5 Å². The number of nitrogens with zero attached hydrogens (tertiary/aromatic N) is 1. The maximum absolute atomic E-state index is 12.3. The molecule has 0 aromatic heterocycles. The van der Waals surface area contributed by atoms with Crippen LogP contribution in [0.1, 0.15) is 39.6 Å². The third-order valence-electron chi connectivity index (χ3n) is 5.11. The molecular formula is C20H23ClN2O2. The van der Waals surface area contributed by atoms with Crippen molar-refractivity contribution >= 4 is 24.1 Å². The van der Waals surface area contributed by atoms with Gasteiger partial charge in [0.05, 0.1) is 5.56 Å². The number of aryl methyl sites for hydroxylation is 1. The van der Waals surface area contributed by atoms with Gasteiger partial charge in [-0.05, 0) is 36.6 Å². The van der Waals surface area contributed by atoms with Gasteiger partial charge in [0.25, 0.3) is 0 Å². The van der Waals surface area contributed by atoms with E-state index in [4.69, 9.17) is 10.5 Å². The van der Waals surface area contributed by atoms with Crippen molar-refractivity contribution in [2.24, 2.45) is 5.73 Å². The number of cyclic esters (lactones) is 1. The summed E-state index contributed by atoms with van der Waals surface area (Å²) in [5, 5.41) is 0. The molecule has 2 heterocycles. The van der Waals surface area contributed by atoms with E-state index in [1.54, 1.807) is 0 Å². The molecule has 2 aliphatic rings. The number of fused-ring (bicyclic) bond motifs is 1. The normalized spacial score (nSPS) is 21.7. The fourth-order valence-corrected chi connectivity index (χ4v) is 3.67. The molecular weight excluding hydrogens is 336 g/mol. The fraction of sp³-hybridized carbons (Fsp3) is 0.350. The van der Waals surface area contributed by atoms with Crippen molar-refractivity contribution < 1.29 is 9.53 Å². The lowest BCUT2D eigenvalue weighted by Gasteiger charge is -2.19. The number of benzene rings is 2. The first-order valence-electron chi connectivity index (χ1n) is 8.52. The second-order valence-corrected chi connectivity index (χ2v) is 6.79. The Morgan fingerprint density at radius 1 is 1.24 bits per heavy atom. The Labute approximate surface area is 154 Å². The van der Waals surface area contributed by atoms with Gasteiger partial charge in [-0.15, -0.1) is 12.4 Å². The minimum atomic E-state index is -0.214. The second kappa shape index (κ2) is 7.06. The number of halogens is 1. The monoisotopic (exact) mass is 358 g/mol. The van der Waals surface area contributed by atoms with Crippen molar-refractivity contribution in [3.8, 4) is 0 Å². The van der Waals surface area contributed by atoms with Gasteiger partial charge < -0.3 is 15.4 Å². The number of rotatable bonds is 3. The topological polar surface area (TPSA) is 55.6 Å². The number of nitrogens with two attached hydrogens (primary N) is 1. The van der Waals surface area contributed by atoms with Crippen molar-refractivity contribution in [1.82, 2.24) is 0 Å². The van der Waals surface area contributed by atoms with E-state index in [0.717, 1.165) is 37.2 Å². The van der Waals surface area contributed by atoms with Gasteiger partial charge in [-0.1, -0.05) is 30.3 Å². The Balaban J connectivity index is 0.00000182. The van der Waals surface area contributed by atoms with Crippen LogP contribution in [0.4, 0.5) is 5.69 Å². The number of esters is 1. The molecule has 2 aromatic carbocycles. The molecule has 132 valence electrons. The van der Waals surface area contributed by atoms with Crippen molar-refractivity contribution in [3.05, 3.63) is 64.7 Å². The molecule has 25 heavy (non-hydrogen) atoms. The standard InChI is InChI=1S/C20H22N2O2.ClH/c1-13-4-2-3-5-14(13)10-19-17-7-6-16(11-18(17)20(23)24-19)22-9-8-15(21)12-22;/h2-7,11,15,19H,8-10,12,21H2,1H3;1H/t15-,19?;/m1./s1. The molecule has 2 aromatic rings. The number of hydrogen-bond donors (Lipinski definition) is 1. The molecule has 0 saturated carbocycles. The van der Waals surface area contributed by atoms with Crippen molar-refractivity contribution in [2.45, 2.75) is 31.9 Å². The van der Waals surface area contributed by atoms with Crippen molar-refractivity contribution in [2.75, 3.05) is 18.0 Å². The summed E-state index contributed by atoms with van der Waals surface area (Å²) in [6, 6.07) is 14.6. The first-order valence-corrected chi connectivity index (χ1v) is 8.52. The van der Waals surface area contributed by atoms with Gasteiger partial charge in [0.15, 0.2) is 0 Å². The molecule has 1 fully saturated rings. The van der Waals surface area contributed by atoms with Crippen LogP contribution in [-0.4, -0.2) is 25.1 Å². The predicted molar refractivity (Wildman–Crippen MR) is 102 cm³/mol. The summed E-state index contributed by atoms with van der Waals surface area (Å²) in [5.74, 6) is -0.214. The van der Waals surface area contributed by atoms with Gasteiger partial charge in [-0.2, -0.15) is 0 Å². The highest BCUT2D eigenvalue weighted by Gasteiger charge is 2.32. The van der Waals surface area contributed by atoms with Crippen LogP contribution in [0.25, 0.3) is 0 Å². The largest absolute Gasteiger partial charge is 0.454 e. The molecule has 5 heteroatoms. The van der Waals surface area contributed by atoms with E-state index in [1.165, 1.54) is 11.1 Å². The van der Waals surface area contributed by atoms with Crippen LogP contribution in [-0.2, 0) is 11.2 Å². The summed E-state index contributed by atoms with van der Waals surface area (Å²) >= 11 is 0.